The van der Waals surface area contributed by atoms with E-state index in [4.69, 9.17) is 15.5 Å². The fraction of sp³-hybridized carbons (Fsp3) is 0.238. The Hall–Kier alpha value is -3.35. The maximum atomic E-state index is 11.5. The summed E-state index contributed by atoms with van der Waals surface area (Å²) in [6, 6.07) is 9.56. The van der Waals surface area contributed by atoms with Crippen LogP contribution >= 0.6 is 11.3 Å². The van der Waals surface area contributed by atoms with Crippen LogP contribution in [0.15, 0.2) is 42.0 Å². The highest BCUT2D eigenvalue weighted by atomic mass is 32.2. The SMILES string of the molecule is CS(=O)Nc1cccc(-c2csc3c(N)nc(Nc4cc(N5CCOCC5)ncn4)nc23)c1. The number of thiophene rings is 1. The molecule has 4 aromatic rings. The molecule has 1 saturated heterocycles. The van der Waals surface area contributed by atoms with Crippen LogP contribution in [-0.2, 0) is 15.7 Å². The standard InChI is InChI=1S/C21H22N8O2S2/c1-33(30)28-14-4-2-3-13(9-14)15-11-32-19-18(15)26-21(27-20(19)22)25-16-10-17(24-12-23-16)29-5-7-31-8-6-29/h2-4,9-12,28H,5-8H2,1H3,(H3,22,23,24,25,26,27). The summed E-state index contributed by atoms with van der Waals surface area (Å²) in [5.41, 5.74) is 9.63. The van der Waals surface area contributed by atoms with E-state index < -0.39 is 11.0 Å². The molecule has 10 nitrogen and oxygen atoms in total. The van der Waals surface area contributed by atoms with Crippen molar-refractivity contribution in [3.63, 3.8) is 0 Å². The number of aromatic nitrogens is 4. The molecule has 0 aliphatic carbocycles. The maximum absolute atomic E-state index is 11.5. The smallest absolute Gasteiger partial charge is 0.231 e. The van der Waals surface area contributed by atoms with E-state index in [1.165, 1.54) is 17.7 Å². The van der Waals surface area contributed by atoms with Crippen molar-refractivity contribution in [2.24, 2.45) is 0 Å². The van der Waals surface area contributed by atoms with Crippen LogP contribution in [0.1, 0.15) is 0 Å². The molecule has 0 radical (unpaired) electrons. The van der Waals surface area contributed by atoms with Gasteiger partial charge in [0.2, 0.25) is 5.95 Å². The molecule has 12 heteroatoms. The number of benzene rings is 1. The monoisotopic (exact) mass is 482 g/mol. The summed E-state index contributed by atoms with van der Waals surface area (Å²) in [6.45, 7) is 2.91. The predicted octanol–water partition coefficient (Wildman–Crippen LogP) is 3.02. The summed E-state index contributed by atoms with van der Waals surface area (Å²) in [4.78, 5) is 20.0. The van der Waals surface area contributed by atoms with Crippen molar-refractivity contribution >= 4 is 61.6 Å². The number of ether oxygens (including phenoxy) is 1. The molecule has 1 unspecified atom stereocenters. The van der Waals surface area contributed by atoms with Gasteiger partial charge < -0.3 is 25.4 Å². The van der Waals surface area contributed by atoms with Gasteiger partial charge >= 0.3 is 0 Å². The number of nitrogen functional groups attached to an aromatic ring is 1. The molecule has 1 aliphatic heterocycles. The summed E-state index contributed by atoms with van der Waals surface area (Å²) in [5, 5.41) is 5.17. The second kappa shape index (κ2) is 9.25. The van der Waals surface area contributed by atoms with Gasteiger partial charge in [0, 0.05) is 42.0 Å². The van der Waals surface area contributed by atoms with Gasteiger partial charge in [-0.25, -0.2) is 19.2 Å². The van der Waals surface area contributed by atoms with Gasteiger partial charge in [0.15, 0.2) is 0 Å². The lowest BCUT2D eigenvalue weighted by atomic mass is 10.1. The van der Waals surface area contributed by atoms with Crippen LogP contribution in [0.3, 0.4) is 0 Å². The first-order valence-corrected chi connectivity index (χ1v) is 12.7. The van der Waals surface area contributed by atoms with E-state index in [2.05, 4.69) is 29.9 Å². The van der Waals surface area contributed by atoms with Crippen LogP contribution in [0.2, 0.25) is 0 Å². The van der Waals surface area contributed by atoms with Crippen molar-refractivity contribution in [3.05, 3.63) is 42.0 Å². The first kappa shape index (κ1) is 21.5. The van der Waals surface area contributed by atoms with Gasteiger partial charge in [-0.3, -0.25) is 0 Å². The summed E-state index contributed by atoms with van der Waals surface area (Å²) in [5.74, 6) is 2.15. The number of morpholine rings is 1. The third-order valence-corrected chi connectivity index (χ3v) is 6.62. The fourth-order valence-corrected chi connectivity index (χ4v) is 4.99. The molecule has 1 atom stereocenters. The number of hydrogen-bond acceptors (Lipinski definition) is 10. The topological polar surface area (TPSA) is 131 Å². The Balaban J connectivity index is 1.47. The van der Waals surface area contributed by atoms with E-state index in [1.54, 1.807) is 6.26 Å². The molecular weight excluding hydrogens is 460 g/mol. The fourth-order valence-electron chi connectivity index (χ4n) is 3.61. The molecule has 0 spiro atoms. The Morgan fingerprint density at radius 1 is 1.18 bits per heavy atom. The van der Waals surface area contributed by atoms with E-state index in [9.17, 15) is 4.21 Å². The van der Waals surface area contributed by atoms with Crippen molar-refractivity contribution in [2.75, 3.05) is 53.2 Å². The second-order valence-electron chi connectivity index (χ2n) is 7.38. The van der Waals surface area contributed by atoms with Crippen molar-refractivity contribution in [1.29, 1.82) is 0 Å². The molecule has 4 heterocycles. The minimum absolute atomic E-state index is 0.357. The zero-order chi connectivity index (χ0) is 22.8. The number of nitrogens with zero attached hydrogens (tertiary/aromatic N) is 5. The number of rotatable bonds is 6. The molecule has 170 valence electrons. The van der Waals surface area contributed by atoms with Crippen LogP contribution in [0, 0.1) is 0 Å². The molecular formula is C21H22N8O2S2. The molecule has 33 heavy (non-hydrogen) atoms. The highest BCUT2D eigenvalue weighted by Gasteiger charge is 2.16. The minimum atomic E-state index is -1.16. The van der Waals surface area contributed by atoms with Crippen molar-refractivity contribution < 1.29 is 8.95 Å². The van der Waals surface area contributed by atoms with Gasteiger partial charge in [0.1, 0.15) is 34.8 Å². The third kappa shape index (κ3) is 4.72. The van der Waals surface area contributed by atoms with E-state index >= 15 is 0 Å². The highest BCUT2D eigenvalue weighted by molar-refractivity contribution is 7.85. The van der Waals surface area contributed by atoms with Crippen LogP contribution in [0.4, 0.5) is 29.1 Å². The van der Waals surface area contributed by atoms with Crippen molar-refractivity contribution in [1.82, 2.24) is 19.9 Å². The lowest BCUT2D eigenvalue weighted by molar-refractivity contribution is 0.122. The van der Waals surface area contributed by atoms with Gasteiger partial charge in [-0.15, -0.1) is 11.3 Å². The highest BCUT2D eigenvalue weighted by Crippen LogP contribution is 2.37. The van der Waals surface area contributed by atoms with E-state index in [1.807, 2.05) is 35.7 Å². The van der Waals surface area contributed by atoms with Crippen molar-refractivity contribution in [3.8, 4) is 11.1 Å². The zero-order valence-corrected chi connectivity index (χ0v) is 19.4. The minimum Gasteiger partial charge on any atom is -0.382 e. The lowest BCUT2D eigenvalue weighted by Crippen LogP contribution is -2.36. The third-order valence-electron chi connectivity index (χ3n) is 5.10. The van der Waals surface area contributed by atoms with E-state index in [0.29, 0.717) is 30.8 Å². The average Bonchev–Trinajstić information content (AvgIpc) is 3.24. The maximum Gasteiger partial charge on any atom is 0.231 e. The summed E-state index contributed by atoms with van der Waals surface area (Å²) < 4.78 is 20.7. The van der Waals surface area contributed by atoms with Gasteiger partial charge in [-0.05, 0) is 17.7 Å². The Labute approximate surface area is 196 Å². The molecule has 0 saturated carbocycles. The first-order chi connectivity index (χ1) is 16.1. The second-order valence-corrected chi connectivity index (χ2v) is 9.37. The van der Waals surface area contributed by atoms with E-state index in [0.717, 1.165) is 45.9 Å². The number of hydrogen-bond donors (Lipinski definition) is 3. The molecule has 3 aromatic heterocycles. The zero-order valence-electron chi connectivity index (χ0n) is 17.8. The van der Waals surface area contributed by atoms with Crippen LogP contribution in [-0.4, -0.2) is 56.7 Å². The molecule has 5 rings (SSSR count). The molecule has 0 amide bonds. The van der Waals surface area contributed by atoms with Gasteiger partial charge in [0.05, 0.1) is 23.4 Å². The van der Waals surface area contributed by atoms with Crippen LogP contribution in [0.25, 0.3) is 21.3 Å². The predicted molar refractivity (Wildman–Crippen MR) is 133 cm³/mol. The quantitative estimate of drug-likeness (QED) is 0.379. The van der Waals surface area contributed by atoms with Gasteiger partial charge in [-0.2, -0.15) is 4.98 Å². The molecule has 4 N–H and O–H groups in total. The lowest BCUT2D eigenvalue weighted by Gasteiger charge is -2.27. The first-order valence-electron chi connectivity index (χ1n) is 10.2. The van der Waals surface area contributed by atoms with Crippen LogP contribution in [0.5, 0.6) is 0 Å². The molecule has 1 fully saturated rings. The summed E-state index contributed by atoms with van der Waals surface area (Å²) in [6.07, 6.45) is 3.11. The van der Waals surface area contributed by atoms with E-state index in [-0.39, 0.29) is 0 Å². The van der Waals surface area contributed by atoms with Crippen LogP contribution < -0.4 is 20.7 Å². The number of anilines is 5. The Morgan fingerprint density at radius 3 is 2.85 bits per heavy atom. The average molecular weight is 483 g/mol. The summed E-state index contributed by atoms with van der Waals surface area (Å²) in [7, 11) is -1.16. The Kier molecular flexibility index (Phi) is 6.03. The number of nitrogens with one attached hydrogen (secondary N) is 2. The van der Waals surface area contributed by atoms with Gasteiger partial charge in [0.25, 0.3) is 0 Å². The molecule has 0 bridgehead atoms. The largest absolute Gasteiger partial charge is 0.382 e. The molecule has 1 aliphatic rings. The number of fused-ring (bicyclic) bond motifs is 1. The normalized spacial score (nSPS) is 14.9. The summed E-state index contributed by atoms with van der Waals surface area (Å²) >= 11 is 1.49. The number of nitrogens with two attached hydrogens (primary N) is 1. The molecule has 1 aromatic carbocycles. The Bertz CT molecular complexity index is 1320. The Morgan fingerprint density at radius 2 is 2.03 bits per heavy atom. The van der Waals surface area contributed by atoms with Crippen molar-refractivity contribution in [2.45, 2.75) is 0 Å². The van der Waals surface area contributed by atoms with Gasteiger partial charge in [-0.1, -0.05) is 12.1 Å².